The van der Waals surface area contributed by atoms with Crippen LogP contribution in [0.3, 0.4) is 0 Å². The summed E-state index contributed by atoms with van der Waals surface area (Å²) in [5.74, 6) is -1.12. The van der Waals surface area contributed by atoms with Crippen LogP contribution in [0.1, 0.15) is 29.6 Å². The number of halogens is 2. The number of thiophene rings is 1. The third-order valence-electron chi connectivity index (χ3n) is 2.78. The summed E-state index contributed by atoms with van der Waals surface area (Å²) in [7, 11) is 0. The first kappa shape index (κ1) is 13.0. The van der Waals surface area contributed by atoms with Crippen molar-refractivity contribution >= 4 is 17.0 Å². The van der Waals surface area contributed by atoms with Crippen molar-refractivity contribution in [1.82, 2.24) is 0 Å². The molecule has 0 spiro atoms. The maximum absolute atomic E-state index is 13.5. The molecule has 1 aromatic heterocycles. The number of hydrogen-bond acceptors (Lipinski definition) is 2. The van der Waals surface area contributed by atoms with Gasteiger partial charge in [0.15, 0.2) is 0 Å². The van der Waals surface area contributed by atoms with E-state index in [9.17, 15) is 8.78 Å². The van der Waals surface area contributed by atoms with Crippen LogP contribution in [0.25, 0.3) is 0 Å². The minimum atomic E-state index is -0.561. The smallest absolute Gasteiger partial charge is 0.149 e. The van der Waals surface area contributed by atoms with E-state index < -0.39 is 11.6 Å². The molecule has 1 aromatic carbocycles. The Hall–Kier alpha value is -1.42. The molecule has 0 radical (unpaired) electrons. The van der Waals surface area contributed by atoms with Crippen molar-refractivity contribution in [2.75, 3.05) is 5.32 Å². The van der Waals surface area contributed by atoms with Crippen LogP contribution in [-0.4, -0.2) is 0 Å². The Balaban J connectivity index is 2.18. The second-order valence-electron chi connectivity index (χ2n) is 4.12. The van der Waals surface area contributed by atoms with Gasteiger partial charge in [-0.3, -0.25) is 0 Å². The van der Waals surface area contributed by atoms with Gasteiger partial charge in [0.1, 0.15) is 17.3 Å². The van der Waals surface area contributed by atoms with Crippen molar-refractivity contribution in [3.8, 4) is 0 Å². The standard InChI is InChI=1S/C14H15F2NS/c1-3-10-7-8-13(18-10)9(2)17-14-11(15)5-4-6-12(14)16/h4-9,17H,3H2,1-2H3. The predicted octanol–water partition coefficient (Wildman–Crippen LogP) is 4.76. The minimum Gasteiger partial charge on any atom is -0.373 e. The minimum absolute atomic E-state index is 0.0588. The Morgan fingerprint density at radius 3 is 2.39 bits per heavy atom. The van der Waals surface area contributed by atoms with Crippen LogP contribution >= 0.6 is 11.3 Å². The first-order chi connectivity index (χ1) is 8.61. The zero-order valence-electron chi connectivity index (χ0n) is 10.3. The van der Waals surface area contributed by atoms with Gasteiger partial charge in [0.2, 0.25) is 0 Å². The van der Waals surface area contributed by atoms with E-state index in [0.29, 0.717) is 0 Å². The lowest BCUT2D eigenvalue weighted by molar-refractivity contribution is 0.585. The fourth-order valence-corrected chi connectivity index (χ4v) is 2.70. The number of rotatable bonds is 4. The average molecular weight is 267 g/mol. The molecule has 0 saturated heterocycles. The van der Waals surface area contributed by atoms with Gasteiger partial charge in [-0.2, -0.15) is 0 Å². The van der Waals surface area contributed by atoms with Gasteiger partial charge in [-0.25, -0.2) is 8.78 Å². The van der Waals surface area contributed by atoms with Gasteiger partial charge in [0, 0.05) is 9.75 Å². The van der Waals surface area contributed by atoms with Crippen LogP contribution in [0.15, 0.2) is 30.3 Å². The average Bonchev–Trinajstić information content (AvgIpc) is 2.82. The maximum atomic E-state index is 13.5. The quantitative estimate of drug-likeness (QED) is 0.842. The van der Waals surface area contributed by atoms with Crippen molar-refractivity contribution < 1.29 is 8.78 Å². The van der Waals surface area contributed by atoms with E-state index in [2.05, 4.69) is 18.3 Å². The molecule has 96 valence electrons. The van der Waals surface area contributed by atoms with E-state index in [1.807, 2.05) is 13.0 Å². The molecule has 0 fully saturated rings. The van der Waals surface area contributed by atoms with Gasteiger partial charge in [-0.05, 0) is 37.6 Å². The summed E-state index contributed by atoms with van der Waals surface area (Å²) in [5.41, 5.74) is -0.0588. The van der Waals surface area contributed by atoms with Crippen LogP contribution in [0.5, 0.6) is 0 Å². The van der Waals surface area contributed by atoms with Gasteiger partial charge in [-0.15, -0.1) is 11.3 Å². The molecule has 0 amide bonds. The third kappa shape index (κ3) is 2.70. The van der Waals surface area contributed by atoms with Gasteiger partial charge < -0.3 is 5.32 Å². The molecule has 18 heavy (non-hydrogen) atoms. The highest BCUT2D eigenvalue weighted by Crippen LogP contribution is 2.28. The van der Waals surface area contributed by atoms with Crippen LogP contribution in [0.2, 0.25) is 0 Å². The molecular weight excluding hydrogens is 252 g/mol. The molecule has 2 rings (SSSR count). The zero-order valence-corrected chi connectivity index (χ0v) is 11.2. The normalized spacial score (nSPS) is 12.4. The van der Waals surface area contributed by atoms with Crippen LogP contribution in [0.4, 0.5) is 14.5 Å². The first-order valence-electron chi connectivity index (χ1n) is 5.91. The van der Waals surface area contributed by atoms with Gasteiger partial charge in [-0.1, -0.05) is 13.0 Å². The summed E-state index contributed by atoms with van der Waals surface area (Å²) >= 11 is 1.66. The number of anilines is 1. The van der Waals surface area contributed by atoms with E-state index in [1.54, 1.807) is 11.3 Å². The van der Waals surface area contributed by atoms with Crippen molar-refractivity contribution in [3.05, 3.63) is 51.7 Å². The van der Waals surface area contributed by atoms with E-state index in [-0.39, 0.29) is 11.7 Å². The lowest BCUT2D eigenvalue weighted by atomic mass is 10.2. The molecule has 1 atom stereocenters. The summed E-state index contributed by atoms with van der Waals surface area (Å²) < 4.78 is 27.0. The second-order valence-corrected chi connectivity index (χ2v) is 5.32. The Morgan fingerprint density at radius 2 is 1.83 bits per heavy atom. The summed E-state index contributed by atoms with van der Waals surface area (Å²) in [6.45, 7) is 3.99. The lowest BCUT2D eigenvalue weighted by Crippen LogP contribution is -2.08. The van der Waals surface area contributed by atoms with Crippen LogP contribution in [0, 0.1) is 11.6 Å². The monoisotopic (exact) mass is 267 g/mol. The second kappa shape index (κ2) is 5.48. The summed E-state index contributed by atoms with van der Waals surface area (Å²) in [5, 5.41) is 2.89. The molecule has 0 bridgehead atoms. The highest BCUT2D eigenvalue weighted by atomic mass is 32.1. The maximum Gasteiger partial charge on any atom is 0.149 e. The SMILES string of the molecule is CCc1ccc(C(C)Nc2c(F)cccc2F)s1. The summed E-state index contributed by atoms with van der Waals surface area (Å²) in [4.78, 5) is 2.35. The molecule has 0 aliphatic carbocycles. The Labute approximate surface area is 109 Å². The first-order valence-corrected chi connectivity index (χ1v) is 6.72. The lowest BCUT2D eigenvalue weighted by Gasteiger charge is -2.14. The number of hydrogen-bond donors (Lipinski definition) is 1. The third-order valence-corrected chi connectivity index (χ3v) is 4.19. The van der Waals surface area contributed by atoms with E-state index in [1.165, 1.54) is 23.1 Å². The van der Waals surface area contributed by atoms with Gasteiger partial charge >= 0.3 is 0 Å². The number of aryl methyl sites for hydroxylation is 1. The largest absolute Gasteiger partial charge is 0.373 e. The number of nitrogens with one attached hydrogen (secondary N) is 1. The van der Waals surface area contributed by atoms with E-state index >= 15 is 0 Å². The van der Waals surface area contributed by atoms with Crippen molar-refractivity contribution in [2.24, 2.45) is 0 Å². The molecule has 2 aromatic rings. The Bertz CT molecular complexity index is 516. The summed E-state index contributed by atoms with van der Waals surface area (Å²) in [6.07, 6.45) is 0.978. The van der Waals surface area contributed by atoms with Crippen molar-refractivity contribution in [3.63, 3.8) is 0 Å². The molecular formula is C14H15F2NS. The zero-order chi connectivity index (χ0) is 13.1. The highest BCUT2D eigenvalue weighted by Gasteiger charge is 2.13. The highest BCUT2D eigenvalue weighted by molar-refractivity contribution is 7.12. The fourth-order valence-electron chi connectivity index (χ4n) is 1.74. The van der Waals surface area contributed by atoms with Crippen LogP contribution in [-0.2, 0) is 6.42 Å². The Morgan fingerprint density at radius 1 is 1.17 bits per heavy atom. The van der Waals surface area contributed by atoms with E-state index in [4.69, 9.17) is 0 Å². The fraction of sp³-hybridized carbons (Fsp3) is 0.286. The van der Waals surface area contributed by atoms with Gasteiger partial charge in [0.25, 0.3) is 0 Å². The Kier molecular flexibility index (Phi) is 3.97. The van der Waals surface area contributed by atoms with Crippen LogP contribution < -0.4 is 5.32 Å². The molecule has 0 aliphatic heterocycles. The predicted molar refractivity (Wildman–Crippen MR) is 72.1 cm³/mol. The number of para-hydroxylation sites is 1. The van der Waals surface area contributed by atoms with Gasteiger partial charge in [0.05, 0.1) is 6.04 Å². The topological polar surface area (TPSA) is 12.0 Å². The number of benzene rings is 1. The molecule has 0 saturated carbocycles. The summed E-state index contributed by atoms with van der Waals surface area (Å²) in [6, 6.07) is 7.81. The molecule has 4 heteroatoms. The molecule has 1 heterocycles. The van der Waals surface area contributed by atoms with E-state index in [0.717, 1.165) is 11.3 Å². The van der Waals surface area contributed by atoms with Crippen molar-refractivity contribution in [1.29, 1.82) is 0 Å². The molecule has 1 unspecified atom stereocenters. The molecule has 0 aliphatic rings. The van der Waals surface area contributed by atoms with Crippen molar-refractivity contribution in [2.45, 2.75) is 26.3 Å². The molecule has 1 nitrogen and oxygen atoms in total. The molecule has 1 N–H and O–H groups in total.